The van der Waals surface area contributed by atoms with Gasteiger partial charge in [0.1, 0.15) is 12.0 Å². The van der Waals surface area contributed by atoms with Crippen LogP contribution in [0, 0.1) is 0 Å². The van der Waals surface area contributed by atoms with E-state index >= 15 is 0 Å². The molecule has 0 saturated carbocycles. The van der Waals surface area contributed by atoms with E-state index in [1.807, 2.05) is 0 Å². The number of nitrogens with zero attached hydrogens (tertiary/aromatic N) is 1. The lowest BCUT2D eigenvalue weighted by Gasteiger charge is -2.21. The molecular formula is C18H17F3N2O5. The predicted molar refractivity (Wildman–Crippen MR) is 89.7 cm³/mol. The van der Waals surface area contributed by atoms with Crippen LogP contribution in [0.1, 0.15) is 41.7 Å². The Morgan fingerprint density at radius 3 is 2.79 bits per heavy atom. The molecule has 1 aliphatic heterocycles. The minimum atomic E-state index is -4.68. The molecule has 1 unspecified atom stereocenters. The van der Waals surface area contributed by atoms with Crippen molar-refractivity contribution in [3.63, 3.8) is 0 Å². The predicted octanol–water partition coefficient (Wildman–Crippen LogP) is 3.81. The van der Waals surface area contributed by atoms with Crippen molar-refractivity contribution < 1.29 is 36.7 Å². The Bertz CT molecular complexity index is 844. The van der Waals surface area contributed by atoms with Gasteiger partial charge in [0, 0.05) is 12.2 Å². The van der Waals surface area contributed by atoms with E-state index in [2.05, 4.69) is 14.7 Å². The smallest absolute Gasteiger partial charge is 0.431 e. The van der Waals surface area contributed by atoms with Crippen LogP contribution in [-0.2, 0) is 15.7 Å². The first-order chi connectivity index (χ1) is 13.3. The Balaban J connectivity index is 1.59. The van der Waals surface area contributed by atoms with Crippen LogP contribution in [0.25, 0.3) is 0 Å². The van der Waals surface area contributed by atoms with Crippen LogP contribution >= 0.6 is 0 Å². The van der Waals surface area contributed by atoms with Gasteiger partial charge in [-0.05, 0) is 37.5 Å². The number of amides is 1. The topological polar surface area (TPSA) is 90.7 Å². The van der Waals surface area contributed by atoms with Gasteiger partial charge in [0.2, 0.25) is 0 Å². The second-order valence-electron chi connectivity index (χ2n) is 6.18. The minimum Gasteiger partial charge on any atom is -0.431 e. The van der Waals surface area contributed by atoms with Crippen LogP contribution in [0.2, 0.25) is 0 Å². The van der Waals surface area contributed by atoms with Crippen molar-refractivity contribution in [2.75, 3.05) is 11.9 Å². The maximum Gasteiger partial charge on any atom is 0.436 e. The van der Waals surface area contributed by atoms with Gasteiger partial charge in [-0.3, -0.25) is 14.9 Å². The van der Waals surface area contributed by atoms with Crippen molar-refractivity contribution in [1.82, 2.24) is 4.98 Å². The second kappa shape index (κ2) is 8.42. The Morgan fingerprint density at radius 2 is 2.11 bits per heavy atom. The molecule has 1 aromatic heterocycles. The fraction of sp³-hybridized carbons (Fsp3) is 0.389. The quantitative estimate of drug-likeness (QED) is 0.608. The molecule has 1 saturated heterocycles. The number of nitrogens with one attached hydrogen (secondary N) is 1. The fourth-order valence-corrected chi connectivity index (χ4v) is 2.66. The molecule has 28 heavy (non-hydrogen) atoms. The maximum absolute atomic E-state index is 12.5. The minimum absolute atomic E-state index is 0.0611. The summed E-state index contributed by atoms with van der Waals surface area (Å²) in [7, 11) is 0. The number of aromatic nitrogens is 1. The third-order valence-corrected chi connectivity index (χ3v) is 4.01. The van der Waals surface area contributed by atoms with E-state index in [4.69, 9.17) is 9.47 Å². The number of anilines is 1. The maximum atomic E-state index is 12.5. The van der Waals surface area contributed by atoms with Gasteiger partial charge < -0.3 is 13.9 Å². The van der Waals surface area contributed by atoms with E-state index in [1.165, 1.54) is 24.3 Å². The standard InChI is InChI=1S/C18H17F3N2O5/c19-18(20,21)14-10-27-17(22-14)23-16(25)11-4-3-6-13(8-11)28-15(24)9-12-5-1-2-7-26-12/h3-4,6,8,10,12H,1-2,5,7,9H2,(H,22,23,25). The summed E-state index contributed by atoms with van der Waals surface area (Å²) in [4.78, 5) is 27.4. The van der Waals surface area contributed by atoms with Gasteiger partial charge in [0.15, 0.2) is 5.69 Å². The molecule has 0 bridgehead atoms. The lowest BCUT2D eigenvalue weighted by Crippen LogP contribution is -2.24. The van der Waals surface area contributed by atoms with Crippen molar-refractivity contribution in [3.05, 3.63) is 41.8 Å². The molecule has 1 fully saturated rings. The lowest BCUT2D eigenvalue weighted by molar-refractivity contribution is -0.141. The summed E-state index contributed by atoms with van der Waals surface area (Å²) >= 11 is 0. The summed E-state index contributed by atoms with van der Waals surface area (Å²) in [5.74, 6) is -1.12. The van der Waals surface area contributed by atoms with E-state index in [-0.39, 0.29) is 23.8 Å². The van der Waals surface area contributed by atoms with Gasteiger partial charge >= 0.3 is 18.2 Å². The van der Waals surface area contributed by atoms with E-state index < -0.39 is 29.8 Å². The number of carbonyl (C=O) groups excluding carboxylic acids is 2. The van der Waals surface area contributed by atoms with Gasteiger partial charge in [-0.2, -0.15) is 18.2 Å². The fourth-order valence-electron chi connectivity index (χ4n) is 2.66. The summed E-state index contributed by atoms with van der Waals surface area (Å²) in [6.45, 7) is 0.616. The van der Waals surface area contributed by atoms with Crippen LogP contribution in [0.5, 0.6) is 5.75 Å². The van der Waals surface area contributed by atoms with E-state index in [1.54, 1.807) is 0 Å². The molecule has 2 heterocycles. The highest BCUT2D eigenvalue weighted by atomic mass is 19.4. The number of hydrogen-bond donors (Lipinski definition) is 1. The number of alkyl halides is 3. The molecule has 3 rings (SSSR count). The number of hydrogen-bond acceptors (Lipinski definition) is 6. The van der Waals surface area contributed by atoms with Crippen LogP contribution in [0.3, 0.4) is 0 Å². The highest BCUT2D eigenvalue weighted by Crippen LogP contribution is 2.29. The van der Waals surface area contributed by atoms with Crippen molar-refractivity contribution >= 4 is 17.9 Å². The van der Waals surface area contributed by atoms with Crippen LogP contribution in [0.15, 0.2) is 34.9 Å². The Labute approximate surface area is 157 Å². The molecule has 1 amide bonds. The number of benzene rings is 1. The summed E-state index contributed by atoms with van der Waals surface area (Å²) in [5.41, 5.74) is -1.19. The molecular weight excluding hydrogens is 381 g/mol. The normalized spacial score (nSPS) is 17.2. The van der Waals surface area contributed by atoms with E-state index in [0.29, 0.717) is 12.9 Å². The molecule has 1 atom stereocenters. The number of halogens is 3. The SMILES string of the molecule is O=C(CC1CCCCO1)Oc1cccc(C(=O)Nc2nc(C(F)(F)F)co2)c1. The molecule has 7 nitrogen and oxygen atoms in total. The van der Waals surface area contributed by atoms with Crippen molar-refractivity contribution in [1.29, 1.82) is 0 Å². The highest BCUT2D eigenvalue weighted by Gasteiger charge is 2.35. The number of rotatable bonds is 5. The zero-order chi connectivity index (χ0) is 20.1. The number of esters is 1. The van der Waals surface area contributed by atoms with Gasteiger partial charge in [-0.1, -0.05) is 6.07 Å². The van der Waals surface area contributed by atoms with Crippen LogP contribution in [0.4, 0.5) is 19.2 Å². The van der Waals surface area contributed by atoms with Crippen molar-refractivity contribution in [3.8, 4) is 5.75 Å². The van der Waals surface area contributed by atoms with Gasteiger partial charge in [-0.25, -0.2) is 0 Å². The van der Waals surface area contributed by atoms with E-state index in [0.717, 1.165) is 19.3 Å². The highest BCUT2D eigenvalue weighted by molar-refractivity contribution is 6.03. The summed E-state index contributed by atoms with van der Waals surface area (Å²) in [6.07, 6.45) is -1.60. The molecule has 0 spiro atoms. The summed E-state index contributed by atoms with van der Waals surface area (Å²) in [5, 5.41) is 2.12. The van der Waals surface area contributed by atoms with Crippen molar-refractivity contribution in [2.45, 2.75) is 38.0 Å². The molecule has 10 heteroatoms. The molecule has 0 radical (unpaired) electrons. The number of ether oxygens (including phenoxy) is 2. The van der Waals surface area contributed by atoms with Crippen LogP contribution < -0.4 is 10.1 Å². The first kappa shape index (κ1) is 19.9. The lowest BCUT2D eigenvalue weighted by atomic mass is 10.1. The monoisotopic (exact) mass is 398 g/mol. The number of carbonyl (C=O) groups is 2. The average Bonchev–Trinajstić information content (AvgIpc) is 3.11. The largest absolute Gasteiger partial charge is 0.436 e. The Morgan fingerprint density at radius 1 is 1.29 bits per heavy atom. The van der Waals surface area contributed by atoms with Crippen molar-refractivity contribution in [2.24, 2.45) is 0 Å². The average molecular weight is 398 g/mol. The molecule has 1 N–H and O–H groups in total. The summed E-state index contributed by atoms with van der Waals surface area (Å²) < 4.78 is 52.8. The Kier molecular flexibility index (Phi) is 5.98. The third kappa shape index (κ3) is 5.32. The van der Waals surface area contributed by atoms with Gasteiger partial charge in [0.25, 0.3) is 5.91 Å². The Hall–Kier alpha value is -2.88. The van der Waals surface area contributed by atoms with E-state index in [9.17, 15) is 22.8 Å². The molecule has 150 valence electrons. The van der Waals surface area contributed by atoms with Gasteiger partial charge in [0.05, 0.1) is 12.5 Å². The van der Waals surface area contributed by atoms with Crippen LogP contribution in [-0.4, -0.2) is 29.6 Å². The zero-order valence-corrected chi connectivity index (χ0v) is 14.6. The zero-order valence-electron chi connectivity index (χ0n) is 14.6. The molecule has 1 aromatic carbocycles. The molecule has 1 aliphatic rings. The first-order valence-electron chi connectivity index (χ1n) is 8.57. The number of oxazole rings is 1. The molecule has 0 aliphatic carbocycles. The molecule has 2 aromatic rings. The van der Waals surface area contributed by atoms with Gasteiger partial charge in [-0.15, -0.1) is 0 Å². The summed E-state index contributed by atoms with van der Waals surface area (Å²) in [6, 6.07) is 5.08. The third-order valence-electron chi connectivity index (χ3n) is 4.01. The second-order valence-corrected chi connectivity index (χ2v) is 6.18. The first-order valence-corrected chi connectivity index (χ1v) is 8.57.